The van der Waals surface area contributed by atoms with Crippen LogP contribution in [0.15, 0.2) is 12.2 Å². The minimum absolute atomic E-state index is 0.521. The van der Waals surface area contributed by atoms with Gasteiger partial charge in [0.1, 0.15) is 6.10 Å². The Morgan fingerprint density at radius 2 is 2.35 bits per heavy atom. The second-order valence-corrected chi connectivity index (χ2v) is 4.45. The van der Waals surface area contributed by atoms with Gasteiger partial charge in [0.25, 0.3) is 5.60 Å². The van der Waals surface area contributed by atoms with Crippen molar-refractivity contribution in [3.05, 3.63) is 12.2 Å². The fourth-order valence-corrected chi connectivity index (χ4v) is 2.48. The highest BCUT2D eigenvalue weighted by Gasteiger charge is 2.61. The average molecular weight is 240 g/mol. The highest BCUT2D eigenvalue weighted by atomic mass is 16.6. The van der Waals surface area contributed by atoms with Crippen LogP contribution in [0.5, 0.6) is 0 Å². The number of aliphatic hydroxyl groups is 1. The number of fused-ring (bicyclic) bond motifs is 1. The molecule has 5 heteroatoms. The number of hydrogen-bond donors (Lipinski definition) is 1. The van der Waals surface area contributed by atoms with E-state index in [1.165, 1.54) is 0 Å². The molecule has 0 saturated carbocycles. The van der Waals surface area contributed by atoms with Crippen LogP contribution in [0.1, 0.15) is 25.7 Å². The van der Waals surface area contributed by atoms with Crippen molar-refractivity contribution in [3.63, 3.8) is 0 Å². The summed E-state index contributed by atoms with van der Waals surface area (Å²) < 4.78 is 9.58. The van der Waals surface area contributed by atoms with Crippen molar-refractivity contribution in [1.82, 2.24) is 0 Å². The zero-order valence-electron chi connectivity index (χ0n) is 9.72. The molecule has 0 aromatic carbocycles. The smallest absolute Gasteiger partial charge is 0.351 e. The van der Waals surface area contributed by atoms with E-state index in [2.05, 4.69) is 4.74 Å². The summed E-state index contributed by atoms with van der Waals surface area (Å²) >= 11 is 0. The lowest BCUT2D eigenvalue weighted by atomic mass is 9.81. The van der Waals surface area contributed by atoms with E-state index in [0.717, 1.165) is 26.4 Å². The van der Waals surface area contributed by atoms with E-state index in [0.29, 0.717) is 6.42 Å². The Morgan fingerprint density at radius 3 is 3.06 bits per heavy atom. The molecule has 1 saturated heterocycles. The van der Waals surface area contributed by atoms with E-state index < -0.39 is 29.6 Å². The number of esters is 2. The van der Waals surface area contributed by atoms with Gasteiger partial charge >= 0.3 is 11.9 Å². The molecule has 1 aliphatic heterocycles. The number of allylic oxidation sites excluding steroid dienone is 1. The summed E-state index contributed by atoms with van der Waals surface area (Å²) in [4.78, 5) is 23.3. The van der Waals surface area contributed by atoms with Gasteiger partial charge in [0.15, 0.2) is 0 Å². The van der Waals surface area contributed by atoms with Gasteiger partial charge in [-0.2, -0.15) is 0 Å². The molecule has 1 heterocycles. The number of hydrogen-bond acceptors (Lipinski definition) is 5. The Kier molecular flexibility index (Phi) is 3.19. The van der Waals surface area contributed by atoms with Crippen LogP contribution in [-0.4, -0.2) is 35.9 Å². The molecule has 0 radical (unpaired) electrons. The molecule has 0 aromatic heterocycles. The summed E-state index contributed by atoms with van der Waals surface area (Å²) in [5.41, 5.74) is -2.14. The van der Waals surface area contributed by atoms with Gasteiger partial charge in [-0.3, -0.25) is 0 Å². The van der Waals surface area contributed by atoms with Crippen molar-refractivity contribution in [1.29, 1.82) is 0 Å². The quantitative estimate of drug-likeness (QED) is 0.412. The Morgan fingerprint density at radius 1 is 1.59 bits per heavy atom. The van der Waals surface area contributed by atoms with E-state index in [1.54, 1.807) is 6.08 Å². The number of methoxy groups -OCH3 is 1. The van der Waals surface area contributed by atoms with Crippen LogP contribution in [0.4, 0.5) is 0 Å². The molecule has 1 fully saturated rings. The van der Waals surface area contributed by atoms with Crippen molar-refractivity contribution < 1.29 is 24.2 Å². The maximum atomic E-state index is 11.7. The van der Waals surface area contributed by atoms with Crippen molar-refractivity contribution >= 4 is 11.9 Å². The molecule has 3 atom stereocenters. The molecule has 0 unspecified atom stereocenters. The summed E-state index contributed by atoms with van der Waals surface area (Å²) in [5.74, 6) is -2.37. The third-order valence-corrected chi connectivity index (χ3v) is 3.45. The molecule has 17 heavy (non-hydrogen) atoms. The van der Waals surface area contributed by atoms with Crippen LogP contribution < -0.4 is 0 Å². The van der Waals surface area contributed by atoms with Crippen LogP contribution in [0.3, 0.4) is 0 Å². The van der Waals surface area contributed by atoms with Gasteiger partial charge in [0.2, 0.25) is 0 Å². The predicted molar refractivity (Wildman–Crippen MR) is 57.9 cm³/mol. The summed E-state index contributed by atoms with van der Waals surface area (Å²) in [6, 6.07) is 0. The van der Waals surface area contributed by atoms with Crippen LogP contribution in [-0.2, 0) is 19.1 Å². The Balaban J connectivity index is 2.33. The van der Waals surface area contributed by atoms with Gasteiger partial charge < -0.3 is 14.6 Å². The van der Waals surface area contributed by atoms with E-state index in [9.17, 15) is 14.7 Å². The monoisotopic (exact) mass is 240 g/mol. The third kappa shape index (κ3) is 1.84. The molecule has 0 amide bonds. The lowest BCUT2D eigenvalue weighted by Crippen LogP contribution is -2.50. The maximum Gasteiger partial charge on any atom is 0.351 e. The van der Waals surface area contributed by atoms with Crippen LogP contribution in [0, 0.1) is 5.92 Å². The van der Waals surface area contributed by atoms with E-state index in [-0.39, 0.29) is 0 Å². The minimum atomic E-state index is -2.14. The number of rotatable bonds is 1. The van der Waals surface area contributed by atoms with Gasteiger partial charge in [-0.1, -0.05) is 12.5 Å². The number of carbonyl (C=O) groups excluding carboxylic acids is 2. The molecule has 1 aliphatic carbocycles. The van der Waals surface area contributed by atoms with E-state index in [4.69, 9.17) is 4.74 Å². The van der Waals surface area contributed by atoms with Gasteiger partial charge in [0, 0.05) is 0 Å². The highest BCUT2D eigenvalue weighted by Crippen LogP contribution is 2.38. The molecule has 0 aromatic rings. The predicted octanol–water partition coefficient (Wildman–Crippen LogP) is 0.562. The first-order chi connectivity index (χ1) is 8.10. The molecule has 2 rings (SSSR count). The molecule has 94 valence electrons. The SMILES string of the molecule is COC(=O)[C@@]1(O)C(=O)O[C@H]2/C=C\CCCC[C@@H]21. The number of carbonyl (C=O) groups is 2. The van der Waals surface area contributed by atoms with Crippen LogP contribution in [0.2, 0.25) is 0 Å². The van der Waals surface area contributed by atoms with Gasteiger partial charge in [-0.05, 0) is 25.3 Å². The van der Waals surface area contributed by atoms with Gasteiger partial charge in [-0.15, -0.1) is 0 Å². The molecule has 2 aliphatic rings. The third-order valence-electron chi connectivity index (χ3n) is 3.45. The van der Waals surface area contributed by atoms with E-state index >= 15 is 0 Å². The van der Waals surface area contributed by atoms with Gasteiger partial charge in [0.05, 0.1) is 13.0 Å². The zero-order chi connectivity index (χ0) is 12.5. The zero-order valence-corrected chi connectivity index (χ0v) is 9.72. The van der Waals surface area contributed by atoms with Crippen molar-refractivity contribution in [3.8, 4) is 0 Å². The molecule has 0 bridgehead atoms. The Hall–Kier alpha value is -1.36. The lowest BCUT2D eigenvalue weighted by molar-refractivity contribution is -0.175. The first kappa shape index (κ1) is 12.1. The first-order valence-corrected chi connectivity index (χ1v) is 5.79. The summed E-state index contributed by atoms with van der Waals surface area (Å²) in [6.45, 7) is 0. The molecule has 0 spiro atoms. The molecule has 5 nitrogen and oxygen atoms in total. The topological polar surface area (TPSA) is 72.8 Å². The molecular formula is C12H16O5. The summed E-state index contributed by atoms with van der Waals surface area (Å²) in [6.07, 6.45) is 6.48. The normalized spacial score (nSPS) is 38.6. The summed E-state index contributed by atoms with van der Waals surface area (Å²) in [5, 5.41) is 10.3. The van der Waals surface area contributed by atoms with Crippen LogP contribution in [0.25, 0.3) is 0 Å². The molecule has 1 N–H and O–H groups in total. The maximum absolute atomic E-state index is 11.7. The number of ether oxygens (including phenoxy) is 2. The standard InChI is InChI=1S/C12H16O5/c1-16-10(13)12(15)8-6-4-2-3-5-7-9(8)17-11(12)14/h5,7-9,15H,2-4,6H2,1H3/b7-5-/t8-,9-,12+/m0/s1. The Labute approximate surface area is 99.4 Å². The second-order valence-electron chi connectivity index (χ2n) is 4.45. The lowest BCUT2D eigenvalue weighted by Gasteiger charge is -2.25. The largest absolute Gasteiger partial charge is 0.466 e. The first-order valence-electron chi connectivity index (χ1n) is 5.79. The fourth-order valence-electron chi connectivity index (χ4n) is 2.48. The highest BCUT2D eigenvalue weighted by molar-refractivity contribution is 6.05. The average Bonchev–Trinajstić information content (AvgIpc) is 2.52. The van der Waals surface area contributed by atoms with Crippen molar-refractivity contribution in [2.75, 3.05) is 7.11 Å². The second kappa shape index (κ2) is 4.49. The van der Waals surface area contributed by atoms with Crippen molar-refractivity contribution in [2.24, 2.45) is 5.92 Å². The minimum Gasteiger partial charge on any atom is -0.466 e. The fraction of sp³-hybridized carbons (Fsp3) is 0.667. The van der Waals surface area contributed by atoms with Gasteiger partial charge in [-0.25, -0.2) is 9.59 Å². The summed E-state index contributed by atoms with van der Waals surface area (Å²) in [7, 11) is 1.15. The van der Waals surface area contributed by atoms with Crippen LogP contribution >= 0.6 is 0 Å². The molecular weight excluding hydrogens is 224 g/mol. The van der Waals surface area contributed by atoms with E-state index in [1.807, 2.05) is 6.08 Å². The Bertz CT molecular complexity index is 362. The van der Waals surface area contributed by atoms with Crippen molar-refractivity contribution in [2.45, 2.75) is 37.4 Å².